The van der Waals surface area contributed by atoms with E-state index in [4.69, 9.17) is 0 Å². The summed E-state index contributed by atoms with van der Waals surface area (Å²) in [5.74, 6) is 0. The molecule has 4 nitrogen and oxygen atoms in total. The van der Waals surface area contributed by atoms with Gasteiger partial charge in [-0.15, -0.1) is 0 Å². The minimum Gasteiger partial charge on any atom is -0.311 e. The third kappa shape index (κ3) is 6.16. The molecule has 0 atom stereocenters. The Bertz CT molecular complexity index is 474. The Morgan fingerprint density at radius 3 is 2.59 bits per heavy atom. The quantitative estimate of drug-likeness (QED) is 0.779. The van der Waals surface area contributed by atoms with Crippen LogP contribution in [0.15, 0.2) is 22.7 Å². The summed E-state index contributed by atoms with van der Waals surface area (Å²) >= 11 is 3.48. The van der Waals surface area contributed by atoms with Crippen LogP contribution in [0.25, 0.3) is 0 Å². The molecule has 0 fully saturated rings. The van der Waals surface area contributed by atoms with Crippen LogP contribution in [-0.4, -0.2) is 27.8 Å². The van der Waals surface area contributed by atoms with E-state index in [1.54, 1.807) is 0 Å². The lowest BCUT2D eigenvalue weighted by atomic mass is 10.1. The maximum atomic E-state index is 10.8. The lowest BCUT2D eigenvalue weighted by molar-refractivity contribution is 0.582. The zero-order chi connectivity index (χ0) is 12.9. The van der Waals surface area contributed by atoms with Crippen LogP contribution in [0.2, 0.25) is 0 Å². The number of nitrogens with one attached hydrogen (secondary N) is 2. The van der Waals surface area contributed by atoms with E-state index in [1.165, 1.54) is 11.1 Å². The molecule has 0 saturated heterocycles. The molecule has 0 bridgehead atoms. The molecule has 1 rings (SSSR count). The van der Waals surface area contributed by atoms with E-state index in [2.05, 4.69) is 44.2 Å². The second kappa shape index (κ2) is 6.49. The molecule has 2 N–H and O–H groups in total. The second-order valence-corrected chi connectivity index (χ2v) is 6.61. The van der Waals surface area contributed by atoms with Gasteiger partial charge in [-0.3, -0.25) is 0 Å². The Morgan fingerprint density at radius 1 is 1.29 bits per heavy atom. The fraction of sp³-hybridized carbons (Fsp3) is 0.455. The highest BCUT2D eigenvalue weighted by atomic mass is 79.9. The summed E-state index contributed by atoms with van der Waals surface area (Å²) < 4.78 is 25.1. The van der Waals surface area contributed by atoms with Crippen LogP contribution in [0.4, 0.5) is 0 Å². The van der Waals surface area contributed by atoms with E-state index in [1.807, 2.05) is 6.92 Å². The number of hydrogen-bond donors (Lipinski definition) is 2. The lowest BCUT2D eigenvalue weighted by Gasteiger charge is -2.07. The molecule has 0 radical (unpaired) electrons. The van der Waals surface area contributed by atoms with Gasteiger partial charge in [0.15, 0.2) is 0 Å². The standard InChI is InChI=1S/C11H17BrN2O2S/c1-9-3-4-10(7-11(9)12)8-13-5-6-14-17(2,15)16/h3-4,7,13-14H,5-6,8H2,1-2H3. The molecule has 17 heavy (non-hydrogen) atoms. The Kier molecular flexibility index (Phi) is 5.58. The van der Waals surface area contributed by atoms with Gasteiger partial charge in [-0.2, -0.15) is 0 Å². The van der Waals surface area contributed by atoms with Crippen molar-refractivity contribution in [2.75, 3.05) is 19.3 Å². The van der Waals surface area contributed by atoms with Crippen molar-refractivity contribution in [3.8, 4) is 0 Å². The van der Waals surface area contributed by atoms with E-state index < -0.39 is 10.0 Å². The van der Waals surface area contributed by atoms with Gasteiger partial charge in [-0.1, -0.05) is 28.1 Å². The van der Waals surface area contributed by atoms with Gasteiger partial charge in [0, 0.05) is 24.1 Å². The largest absolute Gasteiger partial charge is 0.311 e. The molecule has 96 valence electrons. The van der Waals surface area contributed by atoms with Gasteiger partial charge in [0.2, 0.25) is 10.0 Å². The molecular formula is C11H17BrN2O2S. The highest BCUT2D eigenvalue weighted by Crippen LogP contribution is 2.17. The van der Waals surface area contributed by atoms with Crippen LogP contribution in [0.1, 0.15) is 11.1 Å². The van der Waals surface area contributed by atoms with Gasteiger partial charge in [-0.05, 0) is 24.1 Å². The average molecular weight is 321 g/mol. The molecule has 0 spiro atoms. The number of benzene rings is 1. The molecule has 0 aliphatic rings. The molecule has 0 aliphatic carbocycles. The van der Waals surface area contributed by atoms with E-state index in [9.17, 15) is 8.42 Å². The third-order valence-electron chi connectivity index (χ3n) is 2.23. The SMILES string of the molecule is Cc1ccc(CNCCNS(C)(=O)=O)cc1Br. The van der Waals surface area contributed by atoms with Crippen molar-refractivity contribution in [3.05, 3.63) is 33.8 Å². The monoisotopic (exact) mass is 320 g/mol. The summed E-state index contributed by atoms with van der Waals surface area (Å²) in [5, 5.41) is 3.17. The van der Waals surface area contributed by atoms with Crippen LogP contribution < -0.4 is 10.0 Å². The molecule has 0 saturated carbocycles. The first-order chi connectivity index (χ1) is 7.88. The van der Waals surface area contributed by atoms with Crippen LogP contribution in [0.3, 0.4) is 0 Å². The number of hydrogen-bond acceptors (Lipinski definition) is 3. The molecule has 0 unspecified atom stereocenters. The van der Waals surface area contributed by atoms with Gasteiger partial charge < -0.3 is 5.32 Å². The van der Waals surface area contributed by atoms with Crippen molar-refractivity contribution in [3.63, 3.8) is 0 Å². The first-order valence-corrected chi connectivity index (χ1v) is 7.97. The molecule has 0 heterocycles. The lowest BCUT2D eigenvalue weighted by Crippen LogP contribution is -2.30. The fourth-order valence-electron chi connectivity index (χ4n) is 1.30. The summed E-state index contributed by atoms with van der Waals surface area (Å²) in [6.45, 7) is 3.78. The highest BCUT2D eigenvalue weighted by Gasteiger charge is 1.99. The van der Waals surface area contributed by atoms with Crippen LogP contribution >= 0.6 is 15.9 Å². The van der Waals surface area contributed by atoms with Gasteiger partial charge >= 0.3 is 0 Å². The van der Waals surface area contributed by atoms with E-state index in [0.29, 0.717) is 13.1 Å². The average Bonchev–Trinajstić information content (AvgIpc) is 2.21. The topological polar surface area (TPSA) is 58.2 Å². The van der Waals surface area contributed by atoms with E-state index in [-0.39, 0.29) is 0 Å². The maximum Gasteiger partial charge on any atom is 0.208 e. The van der Waals surface area contributed by atoms with Gasteiger partial charge in [-0.25, -0.2) is 13.1 Å². The minimum absolute atomic E-state index is 0.409. The van der Waals surface area contributed by atoms with Crippen molar-refractivity contribution in [2.45, 2.75) is 13.5 Å². The highest BCUT2D eigenvalue weighted by molar-refractivity contribution is 9.10. The summed E-state index contributed by atoms with van der Waals surface area (Å²) in [6.07, 6.45) is 1.16. The fourth-order valence-corrected chi connectivity index (χ4v) is 2.20. The Labute approximate surface area is 111 Å². The third-order valence-corrected chi connectivity index (χ3v) is 3.81. The van der Waals surface area contributed by atoms with E-state index in [0.717, 1.165) is 17.3 Å². The predicted octanol–water partition coefficient (Wildman–Crippen LogP) is 1.40. The second-order valence-electron chi connectivity index (χ2n) is 3.93. The van der Waals surface area contributed by atoms with Crippen molar-refractivity contribution < 1.29 is 8.42 Å². The van der Waals surface area contributed by atoms with Crippen molar-refractivity contribution >= 4 is 26.0 Å². The van der Waals surface area contributed by atoms with Crippen molar-refractivity contribution in [1.82, 2.24) is 10.0 Å². The first-order valence-electron chi connectivity index (χ1n) is 5.29. The summed E-state index contributed by atoms with van der Waals surface area (Å²) in [6, 6.07) is 6.17. The molecule has 1 aromatic rings. The zero-order valence-corrected chi connectivity index (χ0v) is 12.4. The Balaban J connectivity index is 2.29. The Morgan fingerprint density at radius 2 is 2.00 bits per heavy atom. The van der Waals surface area contributed by atoms with Crippen LogP contribution in [0, 0.1) is 6.92 Å². The molecular weight excluding hydrogens is 304 g/mol. The molecule has 0 amide bonds. The summed E-state index contributed by atoms with van der Waals surface area (Å²) in [7, 11) is -3.08. The predicted molar refractivity (Wildman–Crippen MR) is 73.4 cm³/mol. The first kappa shape index (κ1) is 14.6. The van der Waals surface area contributed by atoms with E-state index >= 15 is 0 Å². The maximum absolute atomic E-state index is 10.8. The zero-order valence-electron chi connectivity index (χ0n) is 9.96. The summed E-state index contributed by atoms with van der Waals surface area (Å²) in [5.41, 5.74) is 2.37. The number of rotatable bonds is 6. The smallest absolute Gasteiger partial charge is 0.208 e. The molecule has 0 aromatic heterocycles. The molecule has 1 aromatic carbocycles. The normalized spacial score (nSPS) is 11.7. The molecule has 0 aliphatic heterocycles. The van der Waals surface area contributed by atoms with Crippen LogP contribution in [-0.2, 0) is 16.6 Å². The Hall–Kier alpha value is -0.430. The molecule has 6 heteroatoms. The number of halogens is 1. The van der Waals surface area contributed by atoms with Crippen molar-refractivity contribution in [2.24, 2.45) is 0 Å². The van der Waals surface area contributed by atoms with Crippen LogP contribution in [0.5, 0.6) is 0 Å². The minimum atomic E-state index is -3.08. The van der Waals surface area contributed by atoms with Gasteiger partial charge in [0.1, 0.15) is 0 Å². The van der Waals surface area contributed by atoms with Crippen molar-refractivity contribution in [1.29, 1.82) is 0 Å². The van der Waals surface area contributed by atoms with Gasteiger partial charge in [0.25, 0.3) is 0 Å². The number of sulfonamides is 1. The van der Waals surface area contributed by atoms with Gasteiger partial charge in [0.05, 0.1) is 6.26 Å². The summed E-state index contributed by atoms with van der Waals surface area (Å²) in [4.78, 5) is 0. The number of aryl methyl sites for hydroxylation is 1.